The molecule has 0 aliphatic carbocycles. The predicted octanol–water partition coefficient (Wildman–Crippen LogP) is 3.73. The molecule has 1 aromatic carbocycles. The van der Waals surface area contributed by atoms with E-state index < -0.39 is 6.29 Å². The molecule has 1 fully saturated rings. The number of ether oxygens (including phenoxy) is 2. The van der Waals surface area contributed by atoms with Gasteiger partial charge in [0.1, 0.15) is 11.9 Å². The van der Waals surface area contributed by atoms with Crippen LogP contribution in [0.3, 0.4) is 0 Å². The van der Waals surface area contributed by atoms with Crippen molar-refractivity contribution in [1.82, 2.24) is 0 Å². The van der Waals surface area contributed by atoms with Crippen LogP contribution in [0, 0.1) is 0 Å². The van der Waals surface area contributed by atoms with E-state index in [0.29, 0.717) is 0 Å². The number of rotatable bonds is 2. The Bertz CT molecular complexity index is 582. The van der Waals surface area contributed by atoms with Gasteiger partial charge >= 0.3 is 0 Å². The molecule has 0 spiro atoms. The number of hydrogen-bond donors (Lipinski definition) is 1. The Hall–Kier alpha value is -1.58. The average molecular weight is 272 g/mol. The minimum atomic E-state index is -0.466. The Labute approximate surface area is 119 Å². The summed E-state index contributed by atoms with van der Waals surface area (Å²) in [6, 6.07) is 3.71. The Morgan fingerprint density at radius 1 is 1.30 bits per heavy atom. The molecule has 2 aliphatic heterocycles. The number of phenols is 1. The van der Waals surface area contributed by atoms with Crippen LogP contribution in [-0.2, 0) is 15.9 Å². The topological polar surface area (TPSA) is 38.7 Å². The second-order valence-corrected chi connectivity index (χ2v) is 5.69. The predicted molar refractivity (Wildman–Crippen MR) is 78.4 cm³/mol. The van der Waals surface area contributed by atoms with Gasteiger partial charge in [-0.15, -0.1) is 0 Å². The second kappa shape index (κ2) is 5.08. The number of hydrogen-bond acceptors (Lipinski definition) is 3. The minimum Gasteiger partial charge on any atom is -0.507 e. The van der Waals surface area contributed by atoms with Gasteiger partial charge in [0, 0.05) is 0 Å². The summed E-state index contributed by atoms with van der Waals surface area (Å²) >= 11 is 0. The SMILES string of the molecule is CC(C)=CCc1ccc(O)c2c1C=C[C@H]1O[C@@H]2O[C@H]1C. The van der Waals surface area contributed by atoms with Crippen LogP contribution in [0.2, 0.25) is 0 Å². The monoisotopic (exact) mass is 272 g/mol. The van der Waals surface area contributed by atoms with Gasteiger partial charge in [-0.25, -0.2) is 0 Å². The largest absolute Gasteiger partial charge is 0.507 e. The molecule has 0 radical (unpaired) electrons. The zero-order valence-corrected chi connectivity index (χ0v) is 12.1. The molecule has 0 saturated carbocycles. The smallest absolute Gasteiger partial charge is 0.189 e. The molecule has 1 N–H and O–H groups in total. The normalized spacial score (nSPS) is 27.1. The van der Waals surface area contributed by atoms with Crippen LogP contribution in [0.1, 0.15) is 43.8 Å². The van der Waals surface area contributed by atoms with Crippen molar-refractivity contribution in [1.29, 1.82) is 0 Å². The highest BCUT2D eigenvalue weighted by atomic mass is 16.7. The fourth-order valence-electron chi connectivity index (χ4n) is 2.69. The lowest BCUT2D eigenvalue weighted by Gasteiger charge is -2.17. The number of fused-ring (bicyclic) bond motifs is 4. The highest BCUT2D eigenvalue weighted by Crippen LogP contribution is 2.42. The number of allylic oxidation sites excluding steroid dienone is 2. The van der Waals surface area contributed by atoms with Gasteiger partial charge in [0.05, 0.1) is 11.7 Å². The summed E-state index contributed by atoms with van der Waals surface area (Å²) in [5, 5.41) is 10.2. The highest BCUT2D eigenvalue weighted by molar-refractivity contribution is 5.64. The van der Waals surface area contributed by atoms with Crippen molar-refractivity contribution in [2.24, 2.45) is 0 Å². The van der Waals surface area contributed by atoms with Gasteiger partial charge in [-0.3, -0.25) is 0 Å². The van der Waals surface area contributed by atoms with Crippen LogP contribution in [0.15, 0.2) is 29.9 Å². The van der Waals surface area contributed by atoms with Gasteiger partial charge in [-0.2, -0.15) is 0 Å². The third-order valence-electron chi connectivity index (χ3n) is 3.85. The molecule has 3 heteroatoms. The second-order valence-electron chi connectivity index (χ2n) is 5.69. The molecule has 3 rings (SSSR count). The Morgan fingerprint density at radius 3 is 2.85 bits per heavy atom. The van der Waals surface area contributed by atoms with Crippen LogP contribution in [-0.4, -0.2) is 17.3 Å². The number of benzene rings is 1. The first-order valence-corrected chi connectivity index (χ1v) is 7.03. The van der Waals surface area contributed by atoms with Gasteiger partial charge in [0.25, 0.3) is 0 Å². The van der Waals surface area contributed by atoms with Crippen LogP contribution in [0.5, 0.6) is 5.75 Å². The zero-order chi connectivity index (χ0) is 14.3. The van der Waals surface area contributed by atoms with E-state index in [0.717, 1.165) is 17.5 Å². The first-order chi connectivity index (χ1) is 9.56. The lowest BCUT2D eigenvalue weighted by molar-refractivity contribution is -0.0635. The molecule has 3 nitrogen and oxygen atoms in total. The third kappa shape index (κ3) is 2.28. The molecule has 0 aromatic heterocycles. The van der Waals surface area contributed by atoms with Crippen molar-refractivity contribution in [3.05, 3.63) is 46.5 Å². The van der Waals surface area contributed by atoms with Crippen molar-refractivity contribution < 1.29 is 14.6 Å². The molecule has 2 heterocycles. The maximum Gasteiger partial charge on any atom is 0.189 e. The summed E-state index contributed by atoms with van der Waals surface area (Å²) in [6.45, 7) is 6.17. The Kier molecular flexibility index (Phi) is 3.40. The molecule has 2 bridgehead atoms. The van der Waals surface area contributed by atoms with Crippen LogP contribution in [0.4, 0.5) is 0 Å². The van der Waals surface area contributed by atoms with E-state index >= 15 is 0 Å². The molecule has 1 saturated heterocycles. The van der Waals surface area contributed by atoms with E-state index in [4.69, 9.17) is 9.47 Å². The minimum absolute atomic E-state index is 0.0187. The van der Waals surface area contributed by atoms with Crippen LogP contribution in [0.25, 0.3) is 6.08 Å². The van der Waals surface area contributed by atoms with E-state index in [-0.39, 0.29) is 18.0 Å². The molecule has 1 aromatic rings. The summed E-state index contributed by atoms with van der Waals surface area (Å²) in [5.41, 5.74) is 4.25. The van der Waals surface area contributed by atoms with Crippen molar-refractivity contribution >= 4 is 6.08 Å². The van der Waals surface area contributed by atoms with Crippen molar-refractivity contribution in [2.75, 3.05) is 0 Å². The first-order valence-electron chi connectivity index (χ1n) is 7.03. The van der Waals surface area contributed by atoms with Gasteiger partial charge in [-0.05, 0) is 44.4 Å². The quantitative estimate of drug-likeness (QED) is 0.834. The van der Waals surface area contributed by atoms with Gasteiger partial charge in [-0.1, -0.05) is 29.9 Å². The summed E-state index contributed by atoms with van der Waals surface area (Å²) in [6.07, 6.45) is 6.64. The summed E-state index contributed by atoms with van der Waals surface area (Å²) in [7, 11) is 0. The van der Waals surface area contributed by atoms with E-state index in [1.807, 2.05) is 19.1 Å². The third-order valence-corrected chi connectivity index (χ3v) is 3.85. The van der Waals surface area contributed by atoms with Crippen LogP contribution < -0.4 is 0 Å². The molecule has 0 unspecified atom stereocenters. The zero-order valence-electron chi connectivity index (χ0n) is 12.1. The molecular formula is C17H20O3. The maximum atomic E-state index is 10.2. The van der Waals surface area contributed by atoms with Gasteiger partial charge < -0.3 is 14.6 Å². The molecule has 2 aliphatic rings. The Balaban J connectivity index is 2.07. The van der Waals surface area contributed by atoms with Crippen molar-refractivity contribution in [3.63, 3.8) is 0 Å². The lowest BCUT2D eigenvalue weighted by atomic mass is 9.95. The molecule has 106 valence electrons. The van der Waals surface area contributed by atoms with Gasteiger partial charge in [0.15, 0.2) is 6.29 Å². The highest BCUT2D eigenvalue weighted by Gasteiger charge is 2.37. The molecule has 0 amide bonds. The van der Waals surface area contributed by atoms with Crippen molar-refractivity contribution in [2.45, 2.75) is 45.7 Å². The van der Waals surface area contributed by atoms with Gasteiger partial charge in [0.2, 0.25) is 0 Å². The number of phenolic OH excluding ortho intramolecular Hbond substituents is 1. The summed E-state index contributed by atoms with van der Waals surface area (Å²) in [5.74, 6) is 0.241. The van der Waals surface area contributed by atoms with Crippen molar-refractivity contribution in [3.8, 4) is 5.75 Å². The molecule has 3 atom stereocenters. The Morgan fingerprint density at radius 2 is 2.10 bits per heavy atom. The number of aromatic hydroxyl groups is 1. The lowest BCUT2D eigenvalue weighted by Crippen LogP contribution is -2.15. The maximum absolute atomic E-state index is 10.2. The summed E-state index contributed by atoms with van der Waals surface area (Å²) < 4.78 is 11.6. The fraction of sp³-hybridized carbons (Fsp3) is 0.412. The fourth-order valence-corrected chi connectivity index (χ4v) is 2.69. The average Bonchev–Trinajstić information content (AvgIpc) is 2.63. The summed E-state index contributed by atoms with van der Waals surface area (Å²) in [4.78, 5) is 0. The first kappa shape index (κ1) is 13.4. The van der Waals surface area contributed by atoms with E-state index in [9.17, 15) is 5.11 Å². The van der Waals surface area contributed by atoms with E-state index in [1.165, 1.54) is 11.1 Å². The standard InChI is InChI=1S/C17H20O3/c1-10(2)4-5-12-6-8-14(18)16-13(12)7-9-15-11(3)19-17(16)20-15/h4,6-9,11,15,17-18H,5H2,1-3H3/t11-,15+,17-/m0/s1. The molecule has 20 heavy (non-hydrogen) atoms. The van der Waals surface area contributed by atoms with Crippen LogP contribution >= 0.6 is 0 Å². The van der Waals surface area contributed by atoms with E-state index in [1.54, 1.807) is 6.07 Å². The molecular weight excluding hydrogens is 252 g/mol. The van der Waals surface area contributed by atoms with E-state index in [2.05, 4.69) is 26.0 Å².